The summed E-state index contributed by atoms with van der Waals surface area (Å²) in [5.41, 5.74) is 0. The smallest absolute Gasteiger partial charge is 0.323 e. The van der Waals surface area contributed by atoms with Gasteiger partial charge < -0.3 is 10.1 Å². The van der Waals surface area contributed by atoms with E-state index in [4.69, 9.17) is 4.74 Å². The summed E-state index contributed by atoms with van der Waals surface area (Å²) in [4.78, 5) is 11.4. The van der Waals surface area contributed by atoms with E-state index in [0.29, 0.717) is 12.5 Å². The summed E-state index contributed by atoms with van der Waals surface area (Å²) in [6.07, 6.45) is 2.48. The summed E-state index contributed by atoms with van der Waals surface area (Å²) in [5.74, 6) is 1.27. The van der Waals surface area contributed by atoms with Crippen molar-refractivity contribution in [3.05, 3.63) is 0 Å². The molecule has 0 aromatic rings. The van der Waals surface area contributed by atoms with Crippen molar-refractivity contribution in [3.63, 3.8) is 0 Å². The van der Waals surface area contributed by atoms with Gasteiger partial charge in [0.05, 0.1) is 6.61 Å². The number of carbonyl (C=O) groups excluding carboxylic acids is 1. The van der Waals surface area contributed by atoms with Crippen molar-refractivity contribution in [3.8, 4) is 0 Å². The van der Waals surface area contributed by atoms with Gasteiger partial charge >= 0.3 is 5.97 Å². The predicted molar refractivity (Wildman–Crippen MR) is 44.6 cm³/mol. The number of rotatable bonds is 2. The molecule has 1 N–H and O–H groups in total. The SMILES string of the molecule is CCOC(=O)C1NCC2CCC21. The van der Waals surface area contributed by atoms with Gasteiger partial charge in [0.1, 0.15) is 6.04 Å². The normalized spacial score (nSPS) is 38.6. The molecular formula is C9H15NO2. The molecule has 3 atom stereocenters. The lowest BCUT2D eigenvalue weighted by molar-refractivity contribution is -0.147. The van der Waals surface area contributed by atoms with Crippen LogP contribution < -0.4 is 5.32 Å². The van der Waals surface area contributed by atoms with Crippen LogP contribution in [0.25, 0.3) is 0 Å². The first-order valence-electron chi connectivity index (χ1n) is 4.73. The Hall–Kier alpha value is -0.570. The van der Waals surface area contributed by atoms with Crippen LogP contribution in [0.1, 0.15) is 19.8 Å². The maximum absolute atomic E-state index is 11.4. The summed E-state index contributed by atoms with van der Waals surface area (Å²) >= 11 is 0. The highest BCUT2D eigenvalue weighted by molar-refractivity contribution is 5.76. The Labute approximate surface area is 72.5 Å². The van der Waals surface area contributed by atoms with E-state index in [2.05, 4.69) is 5.32 Å². The molecule has 0 aromatic carbocycles. The average molecular weight is 169 g/mol. The molecule has 1 saturated carbocycles. The Kier molecular flexibility index (Phi) is 2.05. The van der Waals surface area contributed by atoms with Crippen LogP contribution in [-0.4, -0.2) is 25.2 Å². The number of hydrogen-bond acceptors (Lipinski definition) is 3. The van der Waals surface area contributed by atoms with Crippen LogP contribution in [0.5, 0.6) is 0 Å². The first-order valence-corrected chi connectivity index (χ1v) is 4.73. The predicted octanol–water partition coefficient (Wildman–Crippen LogP) is 0.547. The number of esters is 1. The molecule has 0 amide bonds. The van der Waals surface area contributed by atoms with Crippen LogP contribution in [0.4, 0.5) is 0 Å². The molecule has 68 valence electrons. The van der Waals surface area contributed by atoms with Crippen molar-refractivity contribution in [2.75, 3.05) is 13.2 Å². The third kappa shape index (κ3) is 1.12. The fourth-order valence-electron chi connectivity index (χ4n) is 2.21. The topological polar surface area (TPSA) is 38.3 Å². The Morgan fingerprint density at radius 2 is 2.42 bits per heavy atom. The summed E-state index contributed by atoms with van der Waals surface area (Å²) < 4.78 is 4.98. The number of carbonyl (C=O) groups is 1. The zero-order valence-electron chi connectivity index (χ0n) is 7.38. The zero-order valence-corrected chi connectivity index (χ0v) is 7.38. The maximum Gasteiger partial charge on any atom is 0.323 e. The molecule has 0 radical (unpaired) electrons. The molecule has 3 heteroatoms. The van der Waals surface area contributed by atoms with E-state index in [1.165, 1.54) is 12.8 Å². The highest BCUT2D eigenvalue weighted by Crippen LogP contribution is 2.40. The Balaban J connectivity index is 1.91. The van der Waals surface area contributed by atoms with Gasteiger partial charge in [-0.1, -0.05) is 0 Å². The largest absolute Gasteiger partial charge is 0.465 e. The van der Waals surface area contributed by atoms with E-state index in [1.807, 2.05) is 6.92 Å². The Bertz CT molecular complexity index is 193. The van der Waals surface area contributed by atoms with Crippen molar-refractivity contribution >= 4 is 5.97 Å². The maximum atomic E-state index is 11.4. The molecule has 3 unspecified atom stereocenters. The molecule has 12 heavy (non-hydrogen) atoms. The lowest BCUT2D eigenvalue weighted by Gasteiger charge is -2.31. The minimum absolute atomic E-state index is 0.00343. The van der Waals surface area contributed by atoms with E-state index in [9.17, 15) is 4.79 Å². The fraction of sp³-hybridized carbons (Fsp3) is 0.889. The Morgan fingerprint density at radius 3 is 2.92 bits per heavy atom. The molecular weight excluding hydrogens is 154 g/mol. The number of nitrogens with one attached hydrogen (secondary N) is 1. The molecule has 0 bridgehead atoms. The van der Waals surface area contributed by atoms with Gasteiger partial charge in [-0.3, -0.25) is 4.79 Å². The van der Waals surface area contributed by atoms with E-state index < -0.39 is 0 Å². The van der Waals surface area contributed by atoms with Crippen LogP contribution in [0.2, 0.25) is 0 Å². The minimum Gasteiger partial charge on any atom is -0.465 e. The van der Waals surface area contributed by atoms with Gasteiger partial charge in [0.15, 0.2) is 0 Å². The molecule has 0 spiro atoms. The van der Waals surface area contributed by atoms with Gasteiger partial charge in [0.2, 0.25) is 0 Å². The van der Waals surface area contributed by atoms with Gasteiger partial charge in [-0.25, -0.2) is 0 Å². The van der Waals surface area contributed by atoms with Crippen molar-refractivity contribution in [1.82, 2.24) is 5.32 Å². The van der Waals surface area contributed by atoms with Crippen molar-refractivity contribution < 1.29 is 9.53 Å². The molecule has 1 aliphatic heterocycles. The molecule has 1 saturated heterocycles. The second-order valence-corrected chi connectivity index (χ2v) is 3.64. The number of fused-ring (bicyclic) bond motifs is 1. The molecule has 1 aliphatic carbocycles. The minimum atomic E-state index is -0.0512. The van der Waals surface area contributed by atoms with Crippen LogP contribution in [0.3, 0.4) is 0 Å². The molecule has 1 heterocycles. The third-order valence-electron chi connectivity index (χ3n) is 3.04. The fourth-order valence-corrected chi connectivity index (χ4v) is 2.21. The third-order valence-corrected chi connectivity index (χ3v) is 3.04. The zero-order chi connectivity index (χ0) is 8.55. The molecule has 3 nitrogen and oxygen atoms in total. The van der Waals surface area contributed by atoms with Crippen molar-refractivity contribution in [2.45, 2.75) is 25.8 Å². The van der Waals surface area contributed by atoms with Gasteiger partial charge in [-0.2, -0.15) is 0 Å². The first kappa shape index (κ1) is 8.05. The molecule has 0 aromatic heterocycles. The van der Waals surface area contributed by atoms with E-state index >= 15 is 0 Å². The van der Waals surface area contributed by atoms with E-state index in [-0.39, 0.29) is 12.0 Å². The van der Waals surface area contributed by atoms with Crippen LogP contribution >= 0.6 is 0 Å². The number of hydrogen-bond donors (Lipinski definition) is 1. The van der Waals surface area contributed by atoms with Crippen LogP contribution in [0.15, 0.2) is 0 Å². The lowest BCUT2D eigenvalue weighted by Crippen LogP contribution is -2.39. The first-order chi connectivity index (χ1) is 5.83. The van der Waals surface area contributed by atoms with Crippen LogP contribution in [0, 0.1) is 11.8 Å². The second kappa shape index (κ2) is 3.05. The van der Waals surface area contributed by atoms with Gasteiger partial charge in [-0.05, 0) is 38.1 Å². The summed E-state index contributed by atoms with van der Waals surface area (Å²) in [7, 11) is 0. The van der Waals surface area contributed by atoms with Crippen LogP contribution in [-0.2, 0) is 9.53 Å². The Morgan fingerprint density at radius 1 is 1.58 bits per heavy atom. The van der Waals surface area contributed by atoms with E-state index in [1.54, 1.807) is 0 Å². The highest BCUT2D eigenvalue weighted by atomic mass is 16.5. The van der Waals surface area contributed by atoms with E-state index in [0.717, 1.165) is 12.5 Å². The summed E-state index contributed by atoms with van der Waals surface area (Å²) in [5, 5.41) is 3.23. The standard InChI is InChI=1S/C9H15NO2/c1-2-12-9(11)8-7-4-3-6(7)5-10-8/h6-8,10H,2-5H2,1H3. The number of ether oxygens (including phenoxy) is 1. The molecule has 2 fully saturated rings. The van der Waals surface area contributed by atoms with Crippen molar-refractivity contribution in [1.29, 1.82) is 0 Å². The quantitative estimate of drug-likeness (QED) is 0.613. The highest BCUT2D eigenvalue weighted by Gasteiger charge is 2.45. The average Bonchev–Trinajstić information content (AvgIpc) is 2.27. The lowest BCUT2D eigenvalue weighted by atomic mass is 9.73. The summed E-state index contributed by atoms with van der Waals surface area (Å²) in [6, 6.07) is 0.00343. The summed E-state index contributed by atoms with van der Waals surface area (Å²) in [6.45, 7) is 3.35. The molecule has 2 rings (SSSR count). The second-order valence-electron chi connectivity index (χ2n) is 3.64. The van der Waals surface area contributed by atoms with Gasteiger partial charge in [-0.15, -0.1) is 0 Å². The molecule has 2 aliphatic rings. The van der Waals surface area contributed by atoms with Crippen molar-refractivity contribution in [2.24, 2.45) is 11.8 Å². The monoisotopic (exact) mass is 169 g/mol. The van der Waals surface area contributed by atoms with Gasteiger partial charge in [0, 0.05) is 0 Å². The van der Waals surface area contributed by atoms with Gasteiger partial charge in [0.25, 0.3) is 0 Å².